The van der Waals surface area contributed by atoms with Crippen LogP contribution in [0.4, 0.5) is 11.4 Å². The number of amides is 1. The van der Waals surface area contributed by atoms with Crippen LogP contribution in [0.25, 0.3) is 6.08 Å². The summed E-state index contributed by atoms with van der Waals surface area (Å²) in [6.45, 7) is 2.89. The van der Waals surface area contributed by atoms with Crippen molar-refractivity contribution in [1.29, 1.82) is 0 Å². The smallest absolute Gasteiger partial charge is 0.353 e. The molecule has 1 aromatic heterocycles. The maximum absolute atomic E-state index is 12.8. The number of likely N-dealkylation sites (N-methyl/N-ethyl adjacent to an activating group) is 1. The minimum Gasteiger partial charge on any atom is -0.493 e. The fourth-order valence-electron chi connectivity index (χ4n) is 3.17. The summed E-state index contributed by atoms with van der Waals surface area (Å²) in [6.07, 6.45) is 1.77. The van der Waals surface area contributed by atoms with E-state index in [9.17, 15) is 9.59 Å². The zero-order chi connectivity index (χ0) is 24.1. The van der Waals surface area contributed by atoms with Gasteiger partial charge in [-0.1, -0.05) is 12.1 Å². The van der Waals surface area contributed by atoms with E-state index < -0.39 is 5.97 Å². The molecule has 2 aromatic carbocycles. The number of rotatable bonds is 7. The number of nitrogens with one attached hydrogen (secondary N) is 1. The zero-order valence-electron chi connectivity index (χ0n) is 18.9. The Kier molecular flexibility index (Phi) is 7.34. The third kappa shape index (κ3) is 5.32. The van der Waals surface area contributed by atoms with Crippen LogP contribution in [0, 0.1) is 0 Å². The van der Waals surface area contributed by atoms with Crippen molar-refractivity contribution in [1.82, 2.24) is 4.90 Å². The number of thioether (sulfide) groups is 1. The van der Waals surface area contributed by atoms with Gasteiger partial charge in [0.2, 0.25) is 0 Å². The van der Waals surface area contributed by atoms with Crippen molar-refractivity contribution in [3.8, 4) is 11.5 Å². The Labute approximate surface area is 206 Å². The molecule has 1 aliphatic heterocycles. The van der Waals surface area contributed by atoms with Gasteiger partial charge in [0.05, 0.1) is 17.7 Å². The highest BCUT2D eigenvalue weighted by Crippen LogP contribution is 2.35. The number of hydrogen-bond acceptors (Lipinski definition) is 8. The van der Waals surface area contributed by atoms with Crippen LogP contribution in [-0.4, -0.2) is 42.6 Å². The minimum absolute atomic E-state index is 0.139. The lowest BCUT2D eigenvalue weighted by molar-refractivity contribution is -0.121. The van der Waals surface area contributed by atoms with Crippen LogP contribution >= 0.6 is 23.1 Å². The molecule has 0 bridgehead atoms. The van der Waals surface area contributed by atoms with E-state index >= 15 is 0 Å². The summed E-state index contributed by atoms with van der Waals surface area (Å²) in [7, 11) is 3.21. The quantitative estimate of drug-likeness (QED) is 0.261. The molecule has 2 heterocycles. The number of anilines is 1. The van der Waals surface area contributed by atoms with Gasteiger partial charge in [-0.25, -0.2) is 9.79 Å². The van der Waals surface area contributed by atoms with E-state index in [0.29, 0.717) is 26.4 Å². The van der Waals surface area contributed by atoms with Crippen LogP contribution in [0.5, 0.6) is 11.5 Å². The summed E-state index contributed by atoms with van der Waals surface area (Å²) in [5, 5.41) is 5.65. The van der Waals surface area contributed by atoms with Crippen LogP contribution in [0.15, 0.2) is 69.9 Å². The fourth-order valence-corrected chi connectivity index (χ4v) is 4.76. The summed E-state index contributed by atoms with van der Waals surface area (Å²) in [5.74, 6) is 0.133. The van der Waals surface area contributed by atoms with Gasteiger partial charge >= 0.3 is 5.97 Å². The number of nitrogens with zero attached hydrogens (tertiary/aromatic N) is 2. The molecule has 1 saturated heterocycles. The standard InChI is InChI=1S/C25H23N3O4S2/c1-4-26-17-8-10-18(11-9-17)27-25-28(2)23(29)22(34-25)15-16-7-12-19(20(14-16)31-3)32-24(30)21-6-5-13-33-21/h5-15,26H,4H2,1-3H3. The first-order valence-electron chi connectivity index (χ1n) is 10.5. The molecule has 0 atom stereocenters. The predicted octanol–water partition coefficient (Wildman–Crippen LogP) is 5.64. The van der Waals surface area contributed by atoms with Gasteiger partial charge in [0, 0.05) is 19.3 Å². The number of methoxy groups -OCH3 is 1. The Morgan fingerprint density at radius 1 is 1.15 bits per heavy atom. The minimum atomic E-state index is -0.443. The first-order chi connectivity index (χ1) is 16.5. The summed E-state index contributed by atoms with van der Waals surface area (Å²) in [4.78, 5) is 32.3. The lowest BCUT2D eigenvalue weighted by Crippen LogP contribution is -2.23. The molecule has 0 saturated carbocycles. The molecule has 0 spiro atoms. The van der Waals surface area contributed by atoms with E-state index in [0.717, 1.165) is 23.5 Å². The van der Waals surface area contributed by atoms with Gasteiger partial charge in [-0.15, -0.1) is 11.3 Å². The van der Waals surface area contributed by atoms with Crippen LogP contribution in [-0.2, 0) is 4.79 Å². The molecule has 4 rings (SSSR count). The number of ether oxygens (including phenoxy) is 2. The summed E-state index contributed by atoms with van der Waals surface area (Å²) < 4.78 is 10.9. The SMILES string of the molecule is CCNc1ccc(N=C2SC(=Cc3ccc(OC(=O)c4cccs4)c(OC)c3)C(=O)N2C)cc1. The monoisotopic (exact) mass is 493 g/mol. The molecular weight excluding hydrogens is 470 g/mol. The average Bonchev–Trinajstić information content (AvgIpc) is 3.47. The molecule has 0 aliphatic carbocycles. The number of aliphatic imine (C=N–C) groups is 1. The first kappa shape index (κ1) is 23.6. The molecule has 7 nitrogen and oxygen atoms in total. The maximum Gasteiger partial charge on any atom is 0.353 e. The van der Waals surface area contributed by atoms with Crippen molar-refractivity contribution in [3.63, 3.8) is 0 Å². The van der Waals surface area contributed by atoms with E-state index in [1.54, 1.807) is 43.5 Å². The second kappa shape index (κ2) is 10.6. The molecular formula is C25H23N3O4S2. The summed E-state index contributed by atoms with van der Waals surface area (Å²) >= 11 is 2.61. The molecule has 1 N–H and O–H groups in total. The van der Waals surface area contributed by atoms with Crippen molar-refractivity contribution in [3.05, 3.63) is 75.3 Å². The fraction of sp³-hybridized carbons (Fsp3) is 0.160. The Morgan fingerprint density at radius 2 is 1.94 bits per heavy atom. The van der Waals surface area contributed by atoms with E-state index in [2.05, 4.69) is 10.3 Å². The number of carbonyl (C=O) groups excluding carboxylic acids is 2. The summed E-state index contributed by atoms with van der Waals surface area (Å²) in [6, 6.07) is 16.4. The molecule has 9 heteroatoms. The molecule has 0 unspecified atom stereocenters. The van der Waals surface area contributed by atoms with Crippen LogP contribution in [0.2, 0.25) is 0 Å². The normalized spacial score (nSPS) is 15.7. The third-order valence-corrected chi connectivity index (χ3v) is 6.80. The average molecular weight is 494 g/mol. The van der Waals surface area contributed by atoms with E-state index in [4.69, 9.17) is 9.47 Å². The van der Waals surface area contributed by atoms with Gasteiger partial charge in [0.15, 0.2) is 16.7 Å². The largest absolute Gasteiger partial charge is 0.493 e. The highest BCUT2D eigenvalue weighted by molar-refractivity contribution is 8.18. The topological polar surface area (TPSA) is 80.2 Å². The van der Waals surface area contributed by atoms with Gasteiger partial charge in [-0.3, -0.25) is 9.69 Å². The number of thiophene rings is 1. The van der Waals surface area contributed by atoms with Gasteiger partial charge in [-0.2, -0.15) is 0 Å². The molecule has 34 heavy (non-hydrogen) atoms. The van der Waals surface area contributed by atoms with Crippen LogP contribution < -0.4 is 14.8 Å². The predicted molar refractivity (Wildman–Crippen MR) is 138 cm³/mol. The first-order valence-corrected chi connectivity index (χ1v) is 12.2. The van der Waals surface area contributed by atoms with Crippen molar-refractivity contribution in [2.45, 2.75) is 6.92 Å². The third-order valence-electron chi connectivity index (χ3n) is 4.89. The zero-order valence-corrected chi connectivity index (χ0v) is 20.5. The molecule has 0 radical (unpaired) electrons. The Morgan fingerprint density at radius 3 is 2.62 bits per heavy atom. The Balaban J connectivity index is 1.52. The van der Waals surface area contributed by atoms with Gasteiger partial charge in [0.25, 0.3) is 5.91 Å². The molecule has 1 fully saturated rings. The maximum atomic E-state index is 12.8. The number of hydrogen-bond donors (Lipinski definition) is 1. The number of amidine groups is 1. The molecule has 1 amide bonds. The van der Waals surface area contributed by atoms with Crippen LogP contribution in [0.3, 0.4) is 0 Å². The number of carbonyl (C=O) groups is 2. The van der Waals surface area contributed by atoms with Gasteiger partial charge < -0.3 is 14.8 Å². The second-order valence-corrected chi connectivity index (χ2v) is 9.18. The molecule has 174 valence electrons. The van der Waals surface area contributed by atoms with E-state index in [1.165, 1.54) is 35.1 Å². The van der Waals surface area contributed by atoms with E-state index in [-0.39, 0.29) is 5.91 Å². The molecule has 3 aromatic rings. The highest BCUT2D eigenvalue weighted by Gasteiger charge is 2.30. The van der Waals surface area contributed by atoms with Crippen molar-refractivity contribution >= 4 is 57.6 Å². The van der Waals surface area contributed by atoms with Gasteiger partial charge in [-0.05, 0) is 78.2 Å². The van der Waals surface area contributed by atoms with Crippen molar-refractivity contribution in [2.24, 2.45) is 4.99 Å². The summed E-state index contributed by atoms with van der Waals surface area (Å²) in [5.41, 5.74) is 2.53. The number of benzene rings is 2. The second-order valence-electron chi connectivity index (χ2n) is 7.22. The van der Waals surface area contributed by atoms with Crippen molar-refractivity contribution in [2.75, 3.05) is 26.0 Å². The van der Waals surface area contributed by atoms with Crippen LogP contribution in [0.1, 0.15) is 22.2 Å². The lowest BCUT2D eigenvalue weighted by atomic mass is 10.2. The Hall–Kier alpha value is -3.56. The van der Waals surface area contributed by atoms with E-state index in [1.807, 2.05) is 36.6 Å². The van der Waals surface area contributed by atoms with Crippen molar-refractivity contribution < 1.29 is 19.1 Å². The van der Waals surface area contributed by atoms with Gasteiger partial charge in [0.1, 0.15) is 4.88 Å². The molecule has 1 aliphatic rings. The Bertz CT molecular complexity index is 1250. The lowest BCUT2D eigenvalue weighted by Gasteiger charge is -2.09. The highest BCUT2D eigenvalue weighted by atomic mass is 32.2. The number of esters is 1.